The highest BCUT2D eigenvalue weighted by molar-refractivity contribution is 5.70. The Balaban J connectivity index is 1.87. The molecule has 4 nitrogen and oxygen atoms in total. The molecule has 2 aromatic carbocycles. The van der Waals surface area contributed by atoms with Crippen LogP contribution in [0.5, 0.6) is 5.75 Å². The van der Waals surface area contributed by atoms with Crippen LogP contribution >= 0.6 is 0 Å². The Kier molecular flexibility index (Phi) is 5.86. The first-order valence-electron chi connectivity index (χ1n) is 8.73. The average Bonchev–Trinajstić information content (AvgIpc) is 3.10. The van der Waals surface area contributed by atoms with Gasteiger partial charge in [0.2, 0.25) is 0 Å². The minimum absolute atomic E-state index is 0.138. The standard InChI is InChI=1S/C21H24N2O2/c1-2-11-23-15-19(14-22-23)20-13-17(10-12-24)8-9-21(20)25-16-18-6-4-3-5-7-18/h3-9,13-15,24H,2,10-12,16H2,1H3. The molecule has 25 heavy (non-hydrogen) atoms. The first-order valence-corrected chi connectivity index (χ1v) is 8.73. The van der Waals surface area contributed by atoms with E-state index in [1.54, 1.807) is 0 Å². The Hall–Kier alpha value is -2.59. The van der Waals surface area contributed by atoms with Crippen molar-refractivity contribution >= 4 is 0 Å². The summed E-state index contributed by atoms with van der Waals surface area (Å²) in [4.78, 5) is 0. The van der Waals surface area contributed by atoms with Crippen LogP contribution in [0.3, 0.4) is 0 Å². The van der Waals surface area contributed by atoms with Crippen molar-refractivity contribution in [2.24, 2.45) is 0 Å². The van der Waals surface area contributed by atoms with E-state index in [1.165, 1.54) is 0 Å². The van der Waals surface area contributed by atoms with Crippen LogP contribution in [0.2, 0.25) is 0 Å². The Morgan fingerprint density at radius 3 is 2.68 bits per heavy atom. The molecule has 0 aliphatic rings. The maximum Gasteiger partial charge on any atom is 0.127 e. The molecule has 0 amide bonds. The normalized spacial score (nSPS) is 10.8. The lowest BCUT2D eigenvalue weighted by Gasteiger charge is -2.12. The zero-order valence-corrected chi connectivity index (χ0v) is 14.6. The number of hydrogen-bond acceptors (Lipinski definition) is 3. The second kappa shape index (κ2) is 8.49. The summed E-state index contributed by atoms with van der Waals surface area (Å²) in [6.45, 7) is 3.70. The van der Waals surface area contributed by atoms with E-state index >= 15 is 0 Å². The summed E-state index contributed by atoms with van der Waals surface area (Å²) in [6, 6.07) is 16.2. The Bertz CT molecular complexity index is 797. The van der Waals surface area contributed by atoms with E-state index < -0.39 is 0 Å². The molecule has 0 bridgehead atoms. The Morgan fingerprint density at radius 2 is 1.92 bits per heavy atom. The van der Waals surface area contributed by atoms with Crippen molar-refractivity contribution in [1.82, 2.24) is 9.78 Å². The highest BCUT2D eigenvalue weighted by atomic mass is 16.5. The summed E-state index contributed by atoms with van der Waals surface area (Å²) in [5.41, 5.74) is 4.28. The van der Waals surface area contributed by atoms with Crippen molar-refractivity contribution < 1.29 is 9.84 Å². The molecule has 4 heteroatoms. The number of rotatable bonds is 8. The summed E-state index contributed by atoms with van der Waals surface area (Å²) < 4.78 is 8.03. The third-order valence-corrected chi connectivity index (χ3v) is 4.08. The molecule has 0 unspecified atom stereocenters. The summed E-state index contributed by atoms with van der Waals surface area (Å²) in [5.74, 6) is 0.835. The number of aliphatic hydroxyl groups excluding tert-OH is 1. The molecule has 3 aromatic rings. The maximum atomic E-state index is 9.23. The third-order valence-electron chi connectivity index (χ3n) is 4.08. The quantitative estimate of drug-likeness (QED) is 0.674. The molecular weight excluding hydrogens is 312 g/mol. The van der Waals surface area contributed by atoms with Gasteiger partial charge < -0.3 is 9.84 Å². The highest BCUT2D eigenvalue weighted by Gasteiger charge is 2.11. The number of aryl methyl sites for hydroxylation is 1. The second-order valence-electron chi connectivity index (χ2n) is 6.07. The van der Waals surface area contributed by atoms with Crippen LogP contribution in [0, 0.1) is 0 Å². The van der Waals surface area contributed by atoms with Gasteiger partial charge in [-0.3, -0.25) is 4.68 Å². The smallest absolute Gasteiger partial charge is 0.127 e. The Labute approximate surface area is 148 Å². The molecule has 0 radical (unpaired) electrons. The summed E-state index contributed by atoms with van der Waals surface area (Å²) in [6.07, 6.45) is 5.61. The molecule has 3 rings (SSSR count). The summed E-state index contributed by atoms with van der Waals surface area (Å²) >= 11 is 0. The van der Waals surface area contributed by atoms with Crippen molar-refractivity contribution in [1.29, 1.82) is 0 Å². The summed E-state index contributed by atoms with van der Waals surface area (Å²) in [7, 11) is 0. The number of nitrogens with zero attached hydrogens (tertiary/aromatic N) is 2. The van der Waals surface area contributed by atoms with E-state index in [2.05, 4.69) is 36.4 Å². The number of hydrogen-bond donors (Lipinski definition) is 1. The Morgan fingerprint density at radius 1 is 1.08 bits per heavy atom. The van der Waals surface area contributed by atoms with Gasteiger partial charge in [0.15, 0.2) is 0 Å². The van der Waals surface area contributed by atoms with Gasteiger partial charge in [0, 0.05) is 30.5 Å². The summed E-state index contributed by atoms with van der Waals surface area (Å²) in [5, 5.41) is 13.7. The zero-order chi connectivity index (χ0) is 17.5. The fourth-order valence-electron chi connectivity index (χ4n) is 2.80. The number of benzene rings is 2. The first-order chi connectivity index (χ1) is 12.3. The fourth-order valence-corrected chi connectivity index (χ4v) is 2.80. The minimum Gasteiger partial charge on any atom is -0.488 e. The van der Waals surface area contributed by atoms with Gasteiger partial charge in [-0.25, -0.2) is 0 Å². The van der Waals surface area contributed by atoms with Gasteiger partial charge in [-0.2, -0.15) is 5.10 Å². The lowest BCUT2D eigenvalue weighted by molar-refractivity contribution is 0.298. The van der Waals surface area contributed by atoms with Gasteiger partial charge in [-0.15, -0.1) is 0 Å². The topological polar surface area (TPSA) is 47.3 Å². The van der Waals surface area contributed by atoms with Crippen molar-refractivity contribution in [2.45, 2.75) is 32.9 Å². The van der Waals surface area contributed by atoms with E-state index in [1.807, 2.05) is 41.2 Å². The molecule has 0 fully saturated rings. The van der Waals surface area contributed by atoms with E-state index in [9.17, 15) is 5.11 Å². The molecule has 1 N–H and O–H groups in total. The van der Waals surface area contributed by atoms with Gasteiger partial charge in [-0.05, 0) is 36.1 Å². The largest absolute Gasteiger partial charge is 0.488 e. The SMILES string of the molecule is CCCn1cc(-c2cc(CCO)ccc2OCc2ccccc2)cn1. The number of aliphatic hydroxyl groups is 1. The van der Waals surface area contributed by atoms with Gasteiger partial charge in [0.25, 0.3) is 0 Å². The maximum absolute atomic E-state index is 9.23. The van der Waals surface area contributed by atoms with Gasteiger partial charge in [-0.1, -0.05) is 43.3 Å². The molecular formula is C21H24N2O2. The number of aromatic nitrogens is 2. The van der Waals surface area contributed by atoms with Crippen molar-refractivity contribution in [3.8, 4) is 16.9 Å². The minimum atomic E-state index is 0.138. The molecule has 0 spiro atoms. The van der Waals surface area contributed by atoms with Crippen LogP contribution in [0.25, 0.3) is 11.1 Å². The molecule has 0 atom stereocenters. The van der Waals surface area contributed by atoms with E-state index in [-0.39, 0.29) is 6.61 Å². The third kappa shape index (κ3) is 4.48. The molecule has 130 valence electrons. The molecule has 1 heterocycles. The van der Waals surface area contributed by atoms with Crippen LogP contribution in [-0.4, -0.2) is 21.5 Å². The van der Waals surface area contributed by atoms with Crippen LogP contribution in [0.1, 0.15) is 24.5 Å². The fraction of sp³-hybridized carbons (Fsp3) is 0.286. The molecule has 0 aliphatic heterocycles. The molecule has 0 aliphatic carbocycles. The van der Waals surface area contributed by atoms with Gasteiger partial charge in [0.1, 0.15) is 12.4 Å². The zero-order valence-electron chi connectivity index (χ0n) is 14.6. The average molecular weight is 336 g/mol. The lowest BCUT2D eigenvalue weighted by atomic mass is 10.0. The van der Waals surface area contributed by atoms with Crippen molar-refractivity contribution in [3.63, 3.8) is 0 Å². The molecule has 1 aromatic heterocycles. The van der Waals surface area contributed by atoms with Gasteiger partial charge >= 0.3 is 0 Å². The monoisotopic (exact) mass is 336 g/mol. The second-order valence-corrected chi connectivity index (χ2v) is 6.07. The number of ether oxygens (including phenoxy) is 1. The van der Waals surface area contributed by atoms with Crippen LogP contribution < -0.4 is 4.74 Å². The molecule has 0 saturated carbocycles. The van der Waals surface area contributed by atoms with Crippen LogP contribution in [-0.2, 0) is 19.6 Å². The predicted molar refractivity (Wildman–Crippen MR) is 99.5 cm³/mol. The highest BCUT2D eigenvalue weighted by Crippen LogP contribution is 2.31. The predicted octanol–water partition coefficient (Wildman–Crippen LogP) is 4.07. The van der Waals surface area contributed by atoms with E-state index in [0.717, 1.165) is 41.0 Å². The van der Waals surface area contributed by atoms with E-state index in [0.29, 0.717) is 13.0 Å². The van der Waals surface area contributed by atoms with Gasteiger partial charge in [0.05, 0.1) is 6.20 Å². The van der Waals surface area contributed by atoms with Crippen LogP contribution in [0.15, 0.2) is 60.9 Å². The lowest BCUT2D eigenvalue weighted by Crippen LogP contribution is -1.99. The van der Waals surface area contributed by atoms with E-state index in [4.69, 9.17) is 4.74 Å². The molecule has 0 saturated heterocycles. The van der Waals surface area contributed by atoms with Crippen molar-refractivity contribution in [3.05, 3.63) is 72.1 Å². The van der Waals surface area contributed by atoms with Crippen LogP contribution in [0.4, 0.5) is 0 Å². The van der Waals surface area contributed by atoms with Crippen molar-refractivity contribution in [2.75, 3.05) is 6.61 Å². The first kappa shape index (κ1) is 17.2.